The molecule has 0 aromatic heterocycles. The maximum atomic E-state index is 0. The number of hydrogen-bond donors (Lipinski definition) is 0. The zero-order chi connectivity index (χ0) is 0. The maximum absolute atomic E-state index is 0. The first-order chi connectivity index (χ1) is 0. The van der Waals surface area contributed by atoms with Crippen LogP contribution in [0.3, 0.4) is 0 Å². The number of hydrogen-bond acceptors (Lipinski definition) is 0. The fourth-order valence-electron chi connectivity index (χ4n) is 0. The molecular weight excluding hydrogens is 286 g/mol. The fraction of sp³-hybridized carbons (Fsp3) is 0. The van der Waals surface area contributed by atoms with Gasteiger partial charge >= 0.3 is 24.4 Å². The molecule has 0 bridgehead atoms. The van der Waals surface area contributed by atoms with Gasteiger partial charge < -0.3 is 21.9 Å². The molecule has 0 saturated carbocycles. The third-order valence-electron chi connectivity index (χ3n) is 0. The standard InChI is InChI=1S/Cr.4H2O.Sb.Ti.3H/h;4*1H2;;;;;. The van der Waals surface area contributed by atoms with Crippen molar-refractivity contribution in [2.75, 3.05) is 0 Å². The van der Waals surface area contributed by atoms with Crippen LogP contribution in [0.1, 0.15) is 0 Å². The maximum Gasteiger partial charge on any atom is 0 e. The Hall–Kier alpha value is 1.90. The van der Waals surface area contributed by atoms with Crippen LogP contribution in [0.2, 0.25) is 0 Å². The van der Waals surface area contributed by atoms with Gasteiger partial charge in [0.1, 0.15) is 0 Å². The normalized spacial score (nSPS) is 0. The van der Waals surface area contributed by atoms with E-state index in [4.69, 9.17) is 0 Å². The van der Waals surface area contributed by atoms with Gasteiger partial charge in [-0.2, -0.15) is 0 Å². The summed E-state index contributed by atoms with van der Waals surface area (Å²) in [6.07, 6.45) is 0. The summed E-state index contributed by atoms with van der Waals surface area (Å²) in [4.78, 5) is 0. The van der Waals surface area contributed by atoms with Crippen molar-refractivity contribution >= 4 is 24.4 Å². The van der Waals surface area contributed by atoms with E-state index in [-0.39, 0.29) is 85.4 Å². The summed E-state index contributed by atoms with van der Waals surface area (Å²) < 4.78 is 0. The third kappa shape index (κ3) is 76.0. The molecule has 4 nitrogen and oxygen atoms in total. The molecule has 0 heterocycles. The third-order valence-corrected chi connectivity index (χ3v) is 0. The Morgan fingerprint density at radius 3 is 0.571 bits per heavy atom. The molecule has 0 aliphatic carbocycles. The second-order valence-corrected chi connectivity index (χ2v) is 0. The summed E-state index contributed by atoms with van der Waals surface area (Å²) in [5.74, 6) is 0. The summed E-state index contributed by atoms with van der Waals surface area (Å²) >= 11 is 0. The Morgan fingerprint density at radius 1 is 0.571 bits per heavy atom. The van der Waals surface area contributed by atoms with E-state index in [9.17, 15) is 0 Å². The van der Waals surface area contributed by atoms with E-state index >= 15 is 0 Å². The van der Waals surface area contributed by atoms with Crippen molar-refractivity contribution in [3.8, 4) is 0 Å². The fourth-order valence-corrected chi connectivity index (χ4v) is 0. The van der Waals surface area contributed by atoms with E-state index in [0.717, 1.165) is 0 Å². The van der Waals surface area contributed by atoms with Gasteiger partial charge in [-0.3, -0.25) is 0 Å². The smallest absolute Gasteiger partial charge is 0 e. The predicted molar refractivity (Wildman–Crippen MR) is 24.4 cm³/mol. The van der Waals surface area contributed by atoms with Crippen molar-refractivity contribution in [2.45, 2.75) is 0 Å². The summed E-state index contributed by atoms with van der Waals surface area (Å²) in [7, 11) is 0. The second-order valence-electron chi connectivity index (χ2n) is 0. The van der Waals surface area contributed by atoms with E-state index < -0.39 is 0 Å². The zero-order valence-corrected chi connectivity index (χ0v) is 10.5. The van der Waals surface area contributed by atoms with Crippen molar-refractivity contribution in [1.82, 2.24) is 0 Å². The first kappa shape index (κ1) is 153. The second kappa shape index (κ2) is 104. The Balaban J connectivity index is 0. The quantitative estimate of drug-likeness (QED) is 0.400. The molecule has 0 unspecified atom stereocenters. The van der Waals surface area contributed by atoms with Crippen LogP contribution >= 0.6 is 0 Å². The first-order valence-corrected chi connectivity index (χ1v) is 0. The average molecular weight is 297 g/mol. The molecule has 0 aliphatic heterocycles. The Bertz CT molecular complexity index is 11.7. The van der Waals surface area contributed by atoms with Crippen LogP contribution in [0.25, 0.3) is 0 Å². The van der Waals surface area contributed by atoms with Gasteiger partial charge in [0.15, 0.2) is 0 Å². The first-order valence-electron chi connectivity index (χ1n) is 0. The van der Waals surface area contributed by atoms with Crippen molar-refractivity contribution in [2.24, 2.45) is 0 Å². The van der Waals surface area contributed by atoms with E-state index in [1.54, 1.807) is 0 Å². The van der Waals surface area contributed by atoms with E-state index in [1.165, 1.54) is 0 Å². The van der Waals surface area contributed by atoms with E-state index in [0.29, 0.717) is 0 Å². The van der Waals surface area contributed by atoms with Crippen LogP contribution in [0.4, 0.5) is 0 Å². The van der Waals surface area contributed by atoms with Crippen molar-refractivity contribution in [3.05, 3.63) is 0 Å². The van der Waals surface area contributed by atoms with Crippen LogP contribution in [-0.4, -0.2) is 46.3 Å². The molecule has 0 amide bonds. The van der Waals surface area contributed by atoms with Crippen LogP contribution in [0.15, 0.2) is 0 Å². The summed E-state index contributed by atoms with van der Waals surface area (Å²) in [6.45, 7) is 0. The Morgan fingerprint density at radius 2 is 0.571 bits per heavy atom. The molecule has 0 aromatic carbocycles. The van der Waals surface area contributed by atoms with Crippen molar-refractivity contribution in [1.29, 1.82) is 0 Å². The van der Waals surface area contributed by atoms with Gasteiger partial charge in [0.05, 0.1) is 0 Å². The molecule has 50 valence electrons. The number of rotatable bonds is 0. The molecule has 0 aromatic rings. The van der Waals surface area contributed by atoms with Crippen LogP contribution in [0.5, 0.6) is 0 Å². The molecule has 8 N–H and O–H groups in total. The monoisotopic (exact) mass is 296 g/mol. The van der Waals surface area contributed by atoms with Crippen LogP contribution in [0, 0.1) is 0 Å². The molecule has 0 atom stereocenters. The molecule has 7 heavy (non-hydrogen) atoms. The topological polar surface area (TPSA) is 126 Å². The van der Waals surface area contributed by atoms with Gasteiger partial charge in [-0.25, -0.2) is 0 Å². The summed E-state index contributed by atoms with van der Waals surface area (Å²) in [5, 5.41) is 0. The van der Waals surface area contributed by atoms with Gasteiger partial charge in [-0.05, 0) is 0 Å². The van der Waals surface area contributed by atoms with Crippen LogP contribution < -0.4 is 0 Å². The molecule has 0 aliphatic rings. The zero-order valence-electron chi connectivity index (χ0n) is 3.62. The average Bonchev–Trinajstić information content (AvgIpc) is 0. The minimum absolute atomic E-state index is 0. The van der Waals surface area contributed by atoms with Gasteiger partial charge in [0.2, 0.25) is 0 Å². The predicted octanol–water partition coefficient (Wildman–Crippen LogP) is -4.49. The van der Waals surface area contributed by atoms with Gasteiger partial charge in [-0.1, -0.05) is 0 Å². The molecule has 0 saturated heterocycles. The SMILES string of the molecule is O.O.O.O.[Cr].[SbH3].[Ti]. The van der Waals surface area contributed by atoms with E-state index in [1.807, 2.05) is 0 Å². The van der Waals surface area contributed by atoms with Crippen molar-refractivity contribution in [3.63, 3.8) is 0 Å². The molecule has 0 radical (unpaired) electrons. The minimum atomic E-state index is 0. The molecule has 0 spiro atoms. The van der Waals surface area contributed by atoms with Gasteiger partial charge in [-0.15, -0.1) is 0 Å². The molecule has 7 heteroatoms. The Kier molecular flexibility index (Phi) is 2280. The van der Waals surface area contributed by atoms with Crippen LogP contribution in [-0.2, 0) is 39.1 Å². The summed E-state index contributed by atoms with van der Waals surface area (Å²) in [5.41, 5.74) is 0. The van der Waals surface area contributed by atoms with Crippen molar-refractivity contribution < 1.29 is 61.0 Å². The molecule has 0 fully saturated rings. The Labute approximate surface area is 84.7 Å². The largest absolute Gasteiger partial charge is 0 e. The van der Waals surface area contributed by atoms with Gasteiger partial charge in [0.25, 0.3) is 0 Å². The minimum Gasteiger partial charge on any atom is 0 e. The van der Waals surface area contributed by atoms with Gasteiger partial charge in [0, 0.05) is 39.1 Å². The molecular formula is H11CrO4SbTi. The summed E-state index contributed by atoms with van der Waals surface area (Å²) in [6, 6.07) is 0. The van der Waals surface area contributed by atoms with E-state index in [2.05, 4.69) is 0 Å². The molecule has 0 rings (SSSR count).